The van der Waals surface area contributed by atoms with E-state index in [0.717, 1.165) is 11.8 Å². The zero-order valence-corrected chi connectivity index (χ0v) is 10.8. The standard InChI is InChI=1S/C11H12ClNO3S/c1-17(14,15)16-6-5-10(8-13)9-3-2-4-11(12)7-9/h2-4,7,10H,5-6H2,1H3/t10-/m1/s1. The van der Waals surface area contributed by atoms with Crippen LogP contribution in [0, 0.1) is 11.3 Å². The van der Waals surface area contributed by atoms with Gasteiger partial charge >= 0.3 is 0 Å². The highest BCUT2D eigenvalue weighted by atomic mass is 35.5. The van der Waals surface area contributed by atoms with Crippen molar-refractivity contribution in [1.29, 1.82) is 5.26 Å². The fourth-order valence-corrected chi connectivity index (χ4v) is 1.94. The van der Waals surface area contributed by atoms with Gasteiger partial charge in [-0.05, 0) is 24.1 Å². The molecule has 0 aliphatic heterocycles. The van der Waals surface area contributed by atoms with E-state index in [1.165, 1.54) is 0 Å². The molecule has 0 aliphatic carbocycles. The number of hydrogen-bond acceptors (Lipinski definition) is 4. The third-order valence-corrected chi connectivity index (χ3v) is 2.94. The second kappa shape index (κ2) is 6.01. The molecule has 0 saturated heterocycles. The van der Waals surface area contributed by atoms with Gasteiger partial charge in [0.1, 0.15) is 0 Å². The molecule has 0 aromatic heterocycles. The number of rotatable bonds is 5. The van der Waals surface area contributed by atoms with E-state index in [4.69, 9.17) is 16.9 Å². The normalized spacial score (nSPS) is 13.0. The van der Waals surface area contributed by atoms with Gasteiger partial charge in [-0.1, -0.05) is 23.7 Å². The van der Waals surface area contributed by atoms with Gasteiger partial charge in [-0.3, -0.25) is 4.18 Å². The topological polar surface area (TPSA) is 67.2 Å². The maximum absolute atomic E-state index is 10.8. The minimum absolute atomic E-state index is 0.0103. The van der Waals surface area contributed by atoms with Crippen LogP contribution < -0.4 is 0 Å². The van der Waals surface area contributed by atoms with E-state index in [2.05, 4.69) is 10.3 Å². The molecule has 6 heteroatoms. The Labute approximate surface area is 106 Å². The third-order valence-electron chi connectivity index (χ3n) is 2.11. The molecule has 0 saturated carbocycles. The van der Waals surface area contributed by atoms with Gasteiger partial charge in [0.25, 0.3) is 10.1 Å². The van der Waals surface area contributed by atoms with Gasteiger partial charge in [0.05, 0.1) is 24.8 Å². The summed E-state index contributed by atoms with van der Waals surface area (Å²) in [6.45, 7) is -0.0103. The van der Waals surface area contributed by atoms with E-state index in [-0.39, 0.29) is 6.61 Å². The van der Waals surface area contributed by atoms with Crippen LogP contribution in [0.3, 0.4) is 0 Å². The van der Waals surface area contributed by atoms with Crippen LogP contribution in [0.1, 0.15) is 17.9 Å². The SMILES string of the molecule is CS(=O)(=O)OCC[C@H](C#N)c1cccc(Cl)c1. The molecule has 1 aromatic carbocycles. The van der Waals surface area contributed by atoms with Crippen molar-refractivity contribution in [1.82, 2.24) is 0 Å². The summed E-state index contributed by atoms with van der Waals surface area (Å²) in [6.07, 6.45) is 1.29. The summed E-state index contributed by atoms with van der Waals surface area (Å²) in [7, 11) is -3.45. The Hall–Kier alpha value is -1.09. The highest BCUT2D eigenvalue weighted by Gasteiger charge is 2.12. The number of hydrogen-bond donors (Lipinski definition) is 0. The van der Waals surface area contributed by atoms with Crippen LogP contribution in [0.25, 0.3) is 0 Å². The molecule has 0 spiro atoms. The molecule has 0 heterocycles. The Balaban J connectivity index is 2.65. The van der Waals surface area contributed by atoms with Crippen molar-refractivity contribution in [3.8, 4) is 6.07 Å². The van der Waals surface area contributed by atoms with Crippen LogP contribution in [0.4, 0.5) is 0 Å². The van der Waals surface area contributed by atoms with Crippen molar-refractivity contribution >= 4 is 21.7 Å². The lowest BCUT2D eigenvalue weighted by Crippen LogP contribution is -2.07. The van der Waals surface area contributed by atoms with Crippen LogP contribution in [0.15, 0.2) is 24.3 Å². The third kappa shape index (κ3) is 5.18. The zero-order chi connectivity index (χ0) is 12.9. The van der Waals surface area contributed by atoms with Crippen LogP contribution in [0.2, 0.25) is 5.02 Å². The quantitative estimate of drug-likeness (QED) is 0.772. The fourth-order valence-electron chi connectivity index (χ4n) is 1.35. The average Bonchev–Trinajstić information content (AvgIpc) is 2.23. The molecular formula is C11H12ClNO3S. The largest absolute Gasteiger partial charge is 0.270 e. The van der Waals surface area contributed by atoms with Crippen LogP contribution >= 0.6 is 11.6 Å². The minimum atomic E-state index is -3.45. The summed E-state index contributed by atoms with van der Waals surface area (Å²) < 4.78 is 26.1. The van der Waals surface area contributed by atoms with E-state index >= 15 is 0 Å². The van der Waals surface area contributed by atoms with Gasteiger partial charge in [-0.2, -0.15) is 13.7 Å². The van der Waals surface area contributed by atoms with Crippen LogP contribution in [-0.2, 0) is 14.3 Å². The summed E-state index contributed by atoms with van der Waals surface area (Å²) >= 11 is 5.82. The molecule has 1 rings (SSSR count). The van der Waals surface area contributed by atoms with E-state index < -0.39 is 16.0 Å². The summed E-state index contributed by atoms with van der Waals surface area (Å²) in [4.78, 5) is 0. The summed E-state index contributed by atoms with van der Waals surface area (Å²) in [5.41, 5.74) is 0.761. The van der Waals surface area contributed by atoms with Crippen molar-refractivity contribution in [2.24, 2.45) is 0 Å². The Morgan fingerprint density at radius 3 is 2.76 bits per heavy atom. The van der Waals surface area contributed by atoms with Gasteiger partial charge in [0.2, 0.25) is 0 Å². The van der Waals surface area contributed by atoms with E-state index in [0.29, 0.717) is 11.4 Å². The smallest absolute Gasteiger partial charge is 0.264 e. The fraction of sp³-hybridized carbons (Fsp3) is 0.364. The molecule has 0 radical (unpaired) electrons. The van der Waals surface area contributed by atoms with Crippen molar-refractivity contribution in [3.05, 3.63) is 34.9 Å². The Bertz CT molecular complexity index is 522. The monoisotopic (exact) mass is 273 g/mol. The highest BCUT2D eigenvalue weighted by molar-refractivity contribution is 7.85. The maximum atomic E-state index is 10.8. The van der Waals surface area contributed by atoms with E-state index in [1.807, 2.05) is 0 Å². The summed E-state index contributed by atoms with van der Waals surface area (Å²) in [5.74, 6) is -0.421. The molecule has 1 aromatic rings. The Morgan fingerprint density at radius 2 is 2.24 bits per heavy atom. The first-order valence-corrected chi connectivity index (χ1v) is 7.11. The maximum Gasteiger partial charge on any atom is 0.264 e. The van der Waals surface area contributed by atoms with Gasteiger partial charge in [-0.15, -0.1) is 0 Å². The van der Waals surface area contributed by atoms with Crippen molar-refractivity contribution in [3.63, 3.8) is 0 Å². The zero-order valence-electron chi connectivity index (χ0n) is 9.26. The number of halogens is 1. The minimum Gasteiger partial charge on any atom is -0.270 e. The lowest BCUT2D eigenvalue weighted by atomic mass is 9.98. The molecular weight excluding hydrogens is 262 g/mol. The van der Waals surface area contributed by atoms with Crippen molar-refractivity contribution in [2.45, 2.75) is 12.3 Å². The Kier molecular flexibility index (Phi) is 4.94. The Morgan fingerprint density at radius 1 is 1.53 bits per heavy atom. The number of nitriles is 1. The first-order valence-electron chi connectivity index (χ1n) is 4.92. The molecule has 92 valence electrons. The molecule has 0 amide bonds. The first-order chi connectivity index (χ1) is 7.92. The second-order valence-corrected chi connectivity index (χ2v) is 5.63. The molecule has 4 nitrogen and oxygen atoms in total. The molecule has 1 atom stereocenters. The van der Waals surface area contributed by atoms with Crippen LogP contribution in [0.5, 0.6) is 0 Å². The molecule has 0 aliphatic rings. The van der Waals surface area contributed by atoms with Crippen molar-refractivity contribution in [2.75, 3.05) is 12.9 Å². The first kappa shape index (κ1) is 14.0. The number of benzene rings is 1. The van der Waals surface area contributed by atoms with Gasteiger partial charge in [0, 0.05) is 5.02 Å². The van der Waals surface area contributed by atoms with Crippen molar-refractivity contribution < 1.29 is 12.6 Å². The molecule has 0 fully saturated rings. The average molecular weight is 274 g/mol. The molecule has 17 heavy (non-hydrogen) atoms. The predicted octanol–water partition coefficient (Wildman–Crippen LogP) is 2.31. The van der Waals surface area contributed by atoms with Gasteiger partial charge < -0.3 is 0 Å². The highest BCUT2D eigenvalue weighted by Crippen LogP contribution is 2.22. The second-order valence-electron chi connectivity index (χ2n) is 3.55. The summed E-state index contributed by atoms with van der Waals surface area (Å²) in [5, 5.41) is 9.55. The van der Waals surface area contributed by atoms with E-state index in [1.54, 1.807) is 24.3 Å². The van der Waals surface area contributed by atoms with E-state index in [9.17, 15) is 8.42 Å². The van der Waals surface area contributed by atoms with Gasteiger partial charge in [0.15, 0.2) is 0 Å². The van der Waals surface area contributed by atoms with Crippen LogP contribution in [-0.4, -0.2) is 21.3 Å². The lowest BCUT2D eigenvalue weighted by molar-refractivity contribution is 0.311. The predicted molar refractivity (Wildman–Crippen MR) is 65.2 cm³/mol. The molecule has 0 N–H and O–H groups in total. The lowest BCUT2D eigenvalue weighted by Gasteiger charge is -2.09. The van der Waals surface area contributed by atoms with Gasteiger partial charge in [-0.25, -0.2) is 0 Å². The molecule has 0 unspecified atom stereocenters. The molecule has 0 bridgehead atoms. The number of nitrogens with zero attached hydrogens (tertiary/aromatic N) is 1. The summed E-state index contributed by atoms with van der Waals surface area (Å²) in [6, 6.07) is 9.03.